The minimum Gasteiger partial charge on any atom is -0.508 e. The second-order valence-electron chi connectivity index (χ2n) is 4.93. The van der Waals surface area contributed by atoms with Crippen molar-refractivity contribution in [3.8, 4) is 5.75 Å². The number of hydrogen-bond donors (Lipinski definition) is 2. The molecule has 0 saturated heterocycles. The Morgan fingerprint density at radius 3 is 2.76 bits per heavy atom. The minimum absolute atomic E-state index is 0.116. The van der Waals surface area contributed by atoms with Gasteiger partial charge in [-0.1, -0.05) is 0 Å². The van der Waals surface area contributed by atoms with Crippen LogP contribution in [0.5, 0.6) is 5.75 Å². The Balaban J connectivity index is 1.88. The van der Waals surface area contributed by atoms with Crippen LogP contribution < -0.4 is 5.32 Å². The zero-order chi connectivity index (χ0) is 15.0. The maximum absolute atomic E-state index is 12.3. The van der Waals surface area contributed by atoms with Gasteiger partial charge in [-0.05, 0) is 24.3 Å². The molecule has 21 heavy (non-hydrogen) atoms. The number of benzene rings is 1. The van der Waals surface area contributed by atoms with Gasteiger partial charge in [0.05, 0.1) is 11.1 Å². The third kappa shape index (κ3) is 2.35. The number of anilines is 1. The van der Waals surface area contributed by atoms with E-state index in [0.717, 1.165) is 0 Å². The van der Waals surface area contributed by atoms with Crippen molar-refractivity contribution in [3.05, 3.63) is 47.4 Å². The largest absolute Gasteiger partial charge is 0.508 e. The van der Waals surface area contributed by atoms with Crippen LogP contribution in [0.2, 0.25) is 0 Å². The van der Waals surface area contributed by atoms with Crippen molar-refractivity contribution in [3.63, 3.8) is 0 Å². The summed E-state index contributed by atoms with van der Waals surface area (Å²) in [4.78, 5) is 26.0. The Morgan fingerprint density at radius 2 is 2.05 bits per heavy atom. The van der Waals surface area contributed by atoms with Gasteiger partial charge in [-0.2, -0.15) is 0 Å². The highest BCUT2D eigenvalue weighted by Crippen LogP contribution is 2.25. The second kappa shape index (κ2) is 4.97. The summed E-state index contributed by atoms with van der Waals surface area (Å²) >= 11 is 0. The molecule has 2 heterocycles. The number of carbonyl (C=O) groups is 2. The molecule has 0 unspecified atom stereocenters. The lowest BCUT2D eigenvalue weighted by molar-refractivity contribution is 0.0770. The number of nitrogens with zero attached hydrogens (tertiary/aromatic N) is 1. The number of phenols is 1. The van der Waals surface area contributed by atoms with E-state index < -0.39 is 5.91 Å². The molecule has 0 atom stereocenters. The standard InChI is InChI=1S/C15H14N2O4/c1-17-7-6-12-13(15(17)20)11(8-21-12)14(19)16-9-2-4-10(18)5-3-9/h2-5,8,18H,6-7H2,1H3,(H,16,19). The Hall–Kier alpha value is -2.76. The van der Waals surface area contributed by atoms with Crippen LogP contribution in [0.3, 0.4) is 0 Å². The molecular formula is C15H14N2O4. The summed E-state index contributed by atoms with van der Waals surface area (Å²) in [6.07, 6.45) is 1.92. The number of amides is 2. The van der Waals surface area contributed by atoms with E-state index in [0.29, 0.717) is 30.0 Å². The highest BCUT2D eigenvalue weighted by molar-refractivity contribution is 6.12. The summed E-state index contributed by atoms with van der Waals surface area (Å²) in [5.74, 6) is 0.0506. The monoisotopic (exact) mass is 286 g/mol. The Bertz CT molecular complexity index is 703. The van der Waals surface area contributed by atoms with Gasteiger partial charge in [-0.15, -0.1) is 0 Å². The summed E-state index contributed by atoms with van der Waals surface area (Å²) in [7, 11) is 1.69. The van der Waals surface area contributed by atoms with Gasteiger partial charge in [-0.25, -0.2) is 0 Å². The second-order valence-corrected chi connectivity index (χ2v) is 4.93. The fraction of sp³-hybridized carbons (Fsp3) is 0.200. The fourth-order valence-electron chi connectivity index (χ4n) is 2.29. The van der Waals surface area contributed by atoms with Crippen molar-refractivity contribution in [2.75, 3.05) is 18.9 Å². The Kier molecular flexibility index (Phi) is 3.13. The number of carbonyl (C=O) groups excluding carboxylic acids is 2. The molecule has 2 N–H and O–H groups in total. The first-order chi connectivity index (χ1) is 10.1. The summed E-state index contributed by atoms with van der Waals surface area (Å²) in [6, 6.07) is 6.10. The summed E-state index contributed by atoms with van der Waals surface area (Å²) in [6.45, 7) is 0.582. The van der Waals surface area contributed by atoms with E-state index in [1.165, 1.54) is 18.4 Å². The first-order valence-corrected chi connectivity index (χ1v) is 6.52. The van der Waals surface area contributed by atoms with Gasteiger partial charge in [0, 0.05) is 25.7 Å². The molecule has 1 aromatic heterocycles. The molecule has 2 aromatic rings. The molecule has 0 aliphatic carbocycles. The molecule has 0 bridgehead atoms. The summed E-state index contributed by atoms with van der Waals surface area (Å²) in [5.41, 5.74) is 1.10. The van der Waals surface area contributed by atoms with E-state index in [1.807, 2.05) is 0 Å². The van der Waals surface area contributed by atoms with E-state index in [4.69, 9.17) is 4.42 Å². The number of likely N-dealkylation sites (N-methyl/N-ethyl adjacent to an activating group) is 1. The predicted molar refractivity (Wildman–Crippen MR) is 75.4 cm³/mol. The van der Waals surface area contributed by atoms with Gasteiger partial charge in [0.15, 0.2) is 0 Å². The molecule has 0 radical (unpaired) electrons. The van der Waals surface area contributed by atoms with Crippen LogP contribution in [0, 0.1) is 0 Å². The van der Waals surface area contributed by atoms with Crippen molar-refractivity contribution >= 4 is 17.5 Å². The summed E-state index contributed by atoms with van der Waals surface area (Å²) < 4.78 is 5.34. The molecule has 1 aliphatic heterocycles. The molecule has 2 amide bonds. The van der Waals surface area contributed by atoms with E-state index in [2.05, 4.69) is 5.32 Å². The third-order valence-electron chi connectivity index (χ3n) is 3.47. The SMILES string of the molecule is CN1CCc2occ(C(=O)Nc3ccc(O)cc3)c2C1=O. The molecule has 6 heteroatoms. The smallest absolute Gasteiger partial charge is 0.259 e. The molecule has 0 fully saturated rings. The van der Waals surface area contributed by atoms with Crippen LogP contribution in [-0.2, 0) is 6.42 Å². The molecule has 0 spiro atoms. The average Bonchev–Trinajstić information content (AvgIpc) is 2.90. The van der Waals surface area contributed by atoms with E-state index >= 15 is 0 Å². The van der Waals surface area contributed by atoms with Crippen LogP contribution in [0.25, 0.3) is 0 Å². The van der Waals surface area contributed by atoms with Gasteiger partial charge in [0.25, 0.3) is 11.8 Å². The Morgan fingerprint density at radius 1 is 1.33 bits per heavy atom. The highest BCUT2D eigenvalue weighted by Gasteiger charge is 2.30. The first kappa shape index (κ1) is 13.2. The van der Waals surface area contributed by atoms with E-state index in [1.54, 1.807) is 24.1 Å². The molecular weight excluding hydrogens is 272 g/mol. The van der Waals surface area contributed by atoms with Crippen molar-refractivity contribution in [1.29, 1.82) is 0 Å². The van der Waals surface area contributed by atoms with Crippen LogP contribution in [-0.4, -0.2) is 35.4 Å². The zero-order valence-electron chi connectivity index (χ0n) is 11.4. The maximum Gasteiger partial charge on any atom is 0.259 e. The van der Waals surface area contributed by atoms with Crippen LogP contribution in [0.1, 0.15) is 26.5 Å². The molecule has 3 rings (SSSR count). The van der Waals surface area contributed by atoms with Crippen molar-refractivity contribution < 1.29 is 19.1 Å². The fourth-order valence-corrected chi connectivity index (χ4v) is 2.29. The molecule has 108 valence electrons. The van der Waals surface area contributed by atoms with Gasteiger partial charge in [-0.3, -0.25) is 9.59 Å². The molecule has 6 nitrogen and oxygen atoms in total. The molecule has 1 aliphatic rings. The van der Waals surface area contributed by atoms with Crippen molar-refractivity contribution in [1.82, 2.24) is 4.90 Å². The number of phenolic OH excluding ortho intramolecular Hbond substituents is 1. The number of furan rings is 1. The third-order valence-corrected chi connectivity index (χ3v) is 3.47. The van der Waals surface area contributed by atoms with Crippen LogP contribution in [0.4, 0.5) is 5.69 Å². The molecule has 1 aromatic carbocycles. The number of hydrogen-bond acceptors (Lipinski definition) is 4. The lowest BCUT2D eigenvalue weighted by atomic mass is 10.0. The Labute approximate surface area is 121 Å². The maximum atomic E-state index is 12.3. The topological polar surface area (TPSA) is 82.8 Å². The predicted octanol–water partition coefficient (Wildman–Crippen LogP) is 1.87. The zero-order valence-corrected chi connectivity index (χ0v) is 11.4. The van der Waals surface area contributed by atoms with E-state index in [9.17, 15) is 14.7 Å². The lowest BCUT2D eigenvalue weighted by Crippen LogP contribution is -2.34. The minimum atomic E-state index is -0.408. The number of nitrogens with one attached hydrogen (secondary N) is 1. The van der Waals surface area contributed by atoms with E-state index in [-0.39, 0.29) is 17.2 Å². The highest BCUT2D eigenvalue weighted by atomic mass is 16.3. The van der Waals surface area contributed by atoms with Crippen molar-refractivity contribution in [2.45, 2.75) is 6.42 Å². The van der Waals surface area contributed by atoms with Gasteiger partial charge in [0.1, 0.15) is 17.8 Å². The lowest BCUT2D eigenvalue weighted by Gasteiger charge is -2.21. The summed E-state index contributed by atoms with van der Waals surface area (Å²) in [5, 5.41) is 11.9. The number of aromatic hydroxyl groups is 1. The van der Waals surface area contributed by atoms with Crippen LogP contribution in [0.15, 0.2) is 34.9 Å². The number of rotatable bonds is 2. The van der Waals surface area contributed by atoms with Gasteiger partial charge in [0.2, 0.25) is 0 Å². The van der Waals surface area contributed by atoms with Gasteiger partial charge < -0.3 is 19.7 Å². The average molecular weight is 286 g/mol. The van der Waals surface area contributed by atoms with Crippen LogP contribution >= 0.6 is 0 Å². The number of fused-ring (bicyclic) bond motifs is 1. The van der Waals surface area contributed by atoms with Crippen molar-refractivity contribution in [2.24, 2.45) is 0 Å². The quantitative estimate of drug-likeness (QED) is 0.826. The normalized spacial score (nSPS) is 14.0. The van der Waals surface area contributed by atoms with Gasteiger partial charge >= 0.3 is 0 Å². The molecule has 0 saturated carbocycles. The first-order valence-electron chi connectivity index (χ1n) is 6.52.